The molecule has 0 atom stereocenters. The number of halogens is 3. The predicted molar refractivity (Wildman–Crippen MR) is 86.9 cm³/mol. The monoisotopic (exact) mass is 344 g/mol. The highest BCUT2D eigenvalue weighted by atomic mass is 19.4. The molecule has 4 aromatic rings. The van der Waals surface area contributed by atoms with Gasteiger partial charge in [-0.15, -0.1) is 0 Å². The second-order valence-corrected chi connectivity index (χ2v) is 5.63. The molecule has 0 amide bonds. The quantitative estimate of drug-likeness (QED) is 0.479. The molecule has 0 saturated carbocycles. The van der Waals surface area contributed by atoms with Gasteiger partial charge in [0.15, 0.2) is 5.52 Å². The van der Waals surface area contributed by atoms with Gasteiger partial charge in [0.25, 0.3) is 0 Å². The van der Waals surface area contributed by atoms with Gasteiger partial charge < -0.3 is 4.42 Å². The Hall–Kier alpha value is -3.09. The number of nitrogens with zero attached hydrogens (tertiary/aromatic N) is 2. The van der Waals surface area contributed by atoms with E-state index in [0.717, 1.165) is 12.1 Å². The Morgan fingerprint density at radius 3 is 2.60 bits per heavy atom. The molecule has 0 aliphatic carbocycles. The average Bonchev–Trinajstić information content (AvgIpc) is 2.92. The summed E-state index contributed by atoms with van der Waals surface area (Å²) in [6.07, 6.45) is -4.46. The third kappa shape index (κ3) is 2.39. The van der Waals surface area contributed by atoms with Crippen molar-refractivity contribution in [2.45, 2.75) is 13.1 Å². The minimum absolute atomic E-state index is 0.0913. The van der Waals surface area contributed by atoms with E-state index in [2.05, 4.69) is 4.98 Å². The number of fused-ring (bicyclic) bond motifs is 3. The summed E-state index contributed by atoms with van der Waals surface area (Å²) in [5, 5.41) is 0.607. The van der Waals surface area contributed by atoms with Crippen molar-refractivity contribution >= 4 is 22.0 Å². The fraction of sp³-hybridized carbons (Fsp3) is 0.111. The maximum atomic E-state index is 13.1. The third-order valence-electron chi connectivity index (χ3n) is 4.01. The van der Waals surface area contributed by atoms with Crippen molar-refractivity contribution in [3.05, 3.63) is 70.3 Å². The highest BCUT2D eigenvalue weighted by Gasteiger charge is 2.31. The topological polar surface area (TPSA) is 48.0 Å². The van der Waals surface area contributed by atoms with Crippen LogP contribution in [0.1, 0.15) is 11.4 Å². The Kier molecular flexibility index (Phi) is 3.21. The Labute approximate surface area is 139 Å². The van der Waals surface area contributed by atoms with Gasteiger partial charge in [-0.1, -0.05) is 18.2 Å². The molecule has 0 saturated heterocycles. The number of imidazole rings is 1. The first kappa shape index (κ1) is 15.4. The fourth-order valence-corrected chi connectivity index (χ4v) is 2.96. The molecule has 0 spiro atoms. The van der Waals surface area contributed by atoms with Crippen molar-refractivity contribution in [1.29, 1.82) is 0 Å². The highest BCUT2D eigenvalue weighted by Crippen LogP contribution is 2.32. The van der Waals surface area contributed by atoms with E-state index in [1.54, 1.807) is 41.8 Å². The third-order valence-corrected chi connectivity index (χ3v) is 4.01. The summed E-state index contributed by atoms with van der Waals surface area (Å²) in [4.78, 5) is 16.4. The van der Waals surface area contributed by atoms with Crippen LogP contribution in [0.2, 0.25) is 0 Å². The molecule has 4 nitrogen and oxygen atoms in total. The maximum Gasteiger partial charge on any atom is 0.416 e. The molecule has 0 unspecified atom stereocenters. The molecule has 126 valence electrons. The van der Waals surface area contributed by atoms with Crippen LogP contribution in [0.4, 0.5) is 13.2 Å². The van der Waals surface area contributed by atoms with Gasteiger partial charge in [0, 0.05) is 11.1 Å². The molecule has 2 aromatic carbocycles. The lowest BCUT2D eigenvalue weighted by Crippen LogP contribution is -2.07. The fourth-order valence-electron chi connectivity index (χ4n) is 2.96. The largest absolute Gasteiger partial charge is 0.421 e. The molecule has 7 heteroatoms. The first-order valence-corrected chi connectivity index (χ1v) is 7.45. The molecule has 25 heavy (non-hydrogen) atoms. The SMILES string of the molecule is Cc1nc2c(=O)oc3ccccc3c2n1-c1cccc(C(F)(F)F)c1. The Morgan fingerprint density at radius 2 is 1.84 bits per heavy atom. The van der Waals surface area contributed by atoms with Gasteiger partial charge in [-0.2, -0.15) is 13.2 Å². The van der Waals surface area contributed by atoms with E-state index in [1.165, 1.54) is 6.07 Å². The van der Waals surface area contributed by atoms with Gasteiger partial charge in [0.1, 0.15) is 11.4 Å². The van der Waals surface area contributed by atoms with Crippen LogP contribution < -0.4 is 5.63 Å². The lowest BCUT2D eigenvalue weighted by molar-refractivity contribution is -0.137. The first-order chi connectivity index (χ1) is 11.9. The minimum atomic E-state index is -4.46. The van der Waals surface area contributed by atoms with Gasteiger partial charge in [-0.05, 0) is 37.3 Å². The average molecular weight is 344 g/mol. The van der Waals surface area contributed by atoms with Gasteiger partial charge in [0.2, 0.25) is 0 Å². The smallest absolute Gasteiger partial charge is 0.416 e. The van der Waals surface area contributed by atoms with Crippen molar-refractivity contribution < 1.29 is 17.6 Å². The van der Waals surface area contributed by atoms with Crippen LogP contribution in [-0.4, -0.2) is 9.55 Å². The van der Waals surface area contributed by atoms with E-state index in [1.807, 2.05) is 0 Å². The standard InChI is InChI=1S/C18H11F3N2O2/c1-10-22-15-16(13-7-2-3-8-14(13)25-17(15)24)23(10)12-6-4-5-11(9-12)18(19,20)21/h2-9H,1H3. The van der Waals surface area contributed by atoms with E-state index in [9.17, 15) is 18.0 Å². The number of aryl methyl sites for hydroxylation is 1. The summed E-state index contributed by atoms with van der Waals surface area (Å²) in [5.74, 6) is 0.401. The molecular weight excluding hydrogens is 333 g/mol. The van der Waals surface area contributed by atoms with E-state index in [-0.39, 0.29) is 11.2 Å². The Balaban J connectivity index is 2.13. The summed E-state index contributed by atoms with van der Waals surface area (Å²) in [7, 11) is 0. The number of benzene rings is 2. The van der Waals surface area contributed by atoms with Crippen molar-refractivity contribution in [2.24, 2.45) is 0 Å². The first-order valence-electron chi connectivity index (χ1n) is 7.45. The van der Waals surface area contributed by atoms with Crippen LogP contribution in [0.25, 0.3) is 27.7 Å². The number of alkyl halides is 3. The zero-order valence-corrected chi connectivity index (χ0v) is 13.0. The summed E-state index contributed by atoms with van der Waals surface area (Å²) < 4.78 is 45.9. The lowest BCUT2D eigenvalue weighted by atomic mass is 10.1. The van der Waals surface area contributed by atoms with Gasteiger partial charge in [-0.25, -0.2) is 9.78 Å². The van der Waals surface area contributed by atoms with E-state index in [4.69, 9.17) is 4.42 Å². The molecule has 0 aliphatic heterocycles. The van der Waals surface area contributed by atoms with Crippen LogP contribution in [-0.2, 0) is 6.18 Å². The maximum absolute atomic E-state index is 13.1. The number of aromatic nitrogens is 2. The molecule has 2 heterocycles. The van der Waals surface area contributed by atoms with Crippen molar-refractivity contribution in [2.75, 3.05) is 0 Å². The molecule has 2 aromatic heterocycles. The molecule has 0 fully saturated rings. The van der Waals surface area contributed by atoms with Crippen LogP contribution in [0, 0.1) is 6.92 Å². The number of para-hydroxylation sites is 1. The van der Waals surface area contributed by atoms with E-state index in [0.29, 0.717) is 22.3 Å². The van der Waals surface area contributed by atoms with Gasteiger partial charge in [0.05, 0.1) is 11.1 Å². The lowest BCUT2D eigenvalue weighted by Gasteiger charge is -2.12. The van der Waals surface area contributed by atoms with Crippen LogP contribution in [0.3, 0.4) is 0 Å². The van der Waals surface area contributed by atoms with E-state index < -0.39 is 17.4 Å². The molecule has 0 N–H and O–H groups in total. The Morgan fingerprint density at radius 1 is 1.08 bits per heavy atom. The normalized spacial score (nSPS) is 12.2. The summed E-state index contributed by atoms with van der Waals surface area (Å²) in [5.41, 5.74) is -0.225. The summed E-state index contributed by atoms with van der Waals surface area (Å²) >= 11 is 0. The molecule has 0 bridgehead atoms. The van der Waals surface area contributed by atoms with Crippen molar-refractivity contribution in [3.8, 4) is 5.69 Å². The van der Waals surface area contributed by atoms with Crippen LogP contribution in [0.15, 0.2) is 57.7 Å². The number of hydrogen-bond donors (Lipinski definition) is 0. The molecule has 0 aliphatic rings. The molecular formula is C18H11F3N2O2. The van der Waals surface area contributed by atoms with Crippen LogP contribution >= 0.6 is 0 Å². The van der Waals surface area contributed by atoms with Gasteiger partial charge >= 0.3 is 11.8 Å². The highest BCUT2D eigenvalue weighted by molar-refractivity contribution is 6.01. The Bertz CT molecular complexity index is 1170. The predicted octanol–water partition coefficient (Wildman–Crippen LogP) is 4.46. The van der Waals surface area contributed by atoms with Crippen molar-refractivity contribution in [3.63, 3.8) is 0 Å². The number of rotatable bonds is 1. The molecule has 4 rings (SSSR count). The zero-order chi connectivity index (χ0) is 17.8. The second-order valence-electron chi connectivity index (χ2n) is 5.63. The summed E-state index contributed by atoms with van der Waals surface area (Å²) in [6.45, 7) is 1.63. The van der Waals surface area contributed by atoms with E-state index >= 15 is 0 Å². The summed E-state index contributed by atoms with van der Waals surface area (Å²) in [6, 6.07) is 11.8. The zero-order valence-electron chi connectivity index (χ0n) is 13.0. The molecule has 0 radical (unpaired) electrons. The minimum Gasteiger partial charge on any atom is -0.421 e. The van der Waals surface area contributed by atoms with Crippen LogP contribution in [0.5, 0.6) is 0 Å². The van der Waals surface area contributed by atoms with Gasteiger partial charge in [-0.3, -0.25) is 4.57 Å². The second kappa shape index (κ2) is 5.20. The van der Waals surface area contributed by atoms with Crippen molar-refractivity contribution in [1.82, 2.24) is 9.55 Å². The number of hydrogen-bond acceptors (Lipinski definition) is 3.